The Balaban J connectivity index is 1.92. The summed E-state index contributed by atoms with van der Waals surface area (Å²) in [6, 6.07) is 14.7. The number of benzene rings is 2. The summed E-state index contributed by atoms with van der Waals surface area (Å²) < 4.78 is 1.77. The Hall–Kier alpha value is -2.79. The van der Waals surface area contributed by atoms with Crippen LogP contribution in [0.5, 0.6) is 0 Å². The van der Waals surface area contributed by atoms with Crippen LogP contribution in [0, 0.1) is 13.8 Å². The number of rotatable bonds is 3. The van der Waals surface area contributed by atoms with Gasteiger partial charge in [-0.3, -0.25) is 5.32 Å². The van der Waals surface area contributed by atoms with Crippen LogP contribution >= 0.6 is 11.6 Å². The summed E-state index contributed by atoms with van der Waals surface area (Å²) in [5.41, 5.74) is 4.69. The number of anilines is 2. The predicted octanol–water partition coefficient (Wildman–Crippen LogP) is 6.08. The van der Waals surface area contributed by atoms with Gasteiger partial charge in [-0.15, -0.1) is 0 Å². The average Bonchev–Trinajstić information content (AvgIpc) is 3.03. The van der Waals surface area contributed by atoms with Crippen molar-refractivity contribution in [3.05, 3.63) is 70.4 Å². The van der Waals surface area contributed by atoms with Gasteiger partial charge >= 0.3 is 6.03 Å². The molecular weight excluding hydrogens is 372 g/mol. The molecule has 146 valence electrons. The lowest BCUT2D eigenvalue weighted by molar-refractivity contribution is 0.262. The Morgan fingerprint density at radius 2 is 1.64 bits per heavy atom. The minimum Gasteiger partial charge on any atom is -0.308 e. The Morgan fingerprint density at radius 3 is 2.25 bits per heavy atom. The number of nitrogens with zero attached hydrogens (tertiary/aromatic N) is 2. The van der Waals surface area contributed by atoms with Gasteiger partial charge in [-0.1, -0.05) is 38.4 Å². The molecule has 2 amide bonds. The smallest absolute Gasteiger partial charge is 0.308 e. The molecule has 0 bridgehead atoms. The van der Waals surface area contributed by atoms with Crippen molar-refractivity contribution in [1.82, 2.24) is 9.78 Å². The number of carbonyl (C=O) groups excluding carboxylic acids is 1. The minimum atomic E-state index is -0.340. The molecule has 0 radical (unpaired) electrons. The molecule has 0 aliphatic heterocycles. The number of hydrogen-bond acceptors (Lipinski definition) is 2. The zero-order chi connectivity index (χ0) is 20.5. The number of aromatic nitrogens is 2. The third-order valence-electron chi connectivity index (χ3n) is 4.56. The molecule has 1 aromatic heterocycles. The lowest BCUT2D eigenvalue weighted by Crippen LogP contribution is -2.21. The van der Waals surface area contributed by atoms with Crippen LogP contribution in [-0.2, 0) is 5.41 Å². The van der Waals surface area contributed by atoms with E-state index in [2.05, 4.69) is 57.4 Å². The number of aryl methyl sites for hydroxylation is 2. The second-order valence-electron chi connectivity index (χ2n) is 7.93. The van der Waals surface area contributed by atoms with Crippen LogP contribution in [0.4, 0.5) is 16.3 Å². The number of nitrogens with one attached hydrogen (secondary N) is 2. The van der Waals surface area contributed by atoms with Crippen molar-refractivity contribution >= 4 is 29.1 Å². The Labute approximate surface area is 170 Å². The first-order valence-electron chi connectivity index (χ1n) is 9.15. The number of carbonyl (C=O) groups is 1. The van der Waals surface area contributed by atoms with E-state index >= 15 is 0 Å². The van der Waals surface area contributed by atoms with Gasteiger partial charge in [0.05, 0.1) is 11.4 Å². The highest BCUT2D eigenvalue weighted by molar-refractivity contribution is 6.30. The monoisotopic (exact) mass is 396 g/mol. The minimum absolute atomic E-state index is 0.145. The van der Waals surface area contributed by atoms with E-state index in [1.807, 2.05) is 12.1 Å². The fourth-order valence-electron chi connectivity index (χ4n) is 2.70. The maximum Gasteiger partial charge on any atom is 0.324 e. The first kappa shape index (κ1) is 20.0. The highest BCUT2D eigenvalue weighted by Gasteiger charge is 2.21. The van der Waals surface area contributed by atoms with Crippen molar-refractivity contribution in [2.24, 2.45) is 0 Å². The molecular formula is C22H25ClN4O. The largest absolute Gasteiger partial charge is 0.324 e. The molecule has 0 aliphatic carbocycles. The Kier molecular flexibility index (Phi) is 5.47. The van der Waals surface area contributed by atoms with Crippen molar-refractivity contribution in [1.29, 1.82) is 0 Å². The van der Waals surface area contributed by atoms with Crippen LogP contribution in [0.1, 0.15) is 37.6 Å². The standard InChI is InChI=1S/C22H25ClN4O/c1-14-6-11-18(12-15(14)2)27-20(13-19(26-27)22(3,4)5)25-21(28)24-17-9-7-16(23)8-10-17/h6-13H,1-5H3,(H2,24,25,28). The summed E-state index contributed by atoms with van der Waals surface area (Å²) in [6.07, 6.45) is 0. The maximum absolute atomic E-state index is 12.5. The summed E-state index contributed by atoms with van der Waals surface area (Å²) in [6.45, 7) is 10.4. The topological polar surface area (TPSA) is 59.0 Å². The van der Waals surface area contributed by atoms with Crippen molar-refractivity contribution in [2.45, 2.75) is 40.0 Å². The van der Waals surface area contributed by atoms with E-state index in [4.69, 9.17) is 16.7 Å². The molecule has 3 rings (SSSR count). The summed E-state index contributed by atoms with van der Waals surface area (Å²) in [5.74, 6) is 0.611. The van der Waals surface area contributed by atoms with Gasteiger partial charge in [0.1, 0.15) is 5.82 Å². The number of urea groups is 1. The second kappa shape index (κ2) is 7.68. The second-order valence-corrected chi connectivity index (χ2v) is 8.37. The summed E-state index contributed by atoms with van der Waals surface area (Å²) in [4.78, 5) is 12.5. The Bertz CT molecular complexity index is 1000. The zero-order valence-corrected chi connectivity index (χ0v) is 17.6. The van der Waals surface area contributed by atoms with Gasteiger partial charge in [0.2, 0.25) is 0 Å². The van der Waals surface area contributed by atoms with Crippen molar-refractivity contribution < 1.29 is 4.79 Å². The maximum atomic E-state index is 12.5. The molecule has 0 fully saturated rings. The lowest BCUT2D eigenvalue weighted by atomic mass is 9.92. The van der Waals surface area contributed by atoms with E-state index in [0.717, 1.165) is 11.4 Å². The summed E-state index contributed by atoms with van der Waals surface area (Å²) in [7, 11) is 0. The molecule has 2 N–H and O–H groups in total. The molecule has 1 heterocycles. The SMILES string of the molecule is Cc1ccc(-n2nc(C(C)(C)C)cc2NC(=O)Nc2ccc(Cl)cc2)cc1C. The van der Waals surface area contributed by atoms with Crippen molar-refractivity contribution in [2.75, 3.05) is 10.6 Å². The average molecular weight is 397 g/mol. The third kappa shape index (κ3) is 4.54. The van der Waals surface area contributed by atoms with Gasteiger partial charge in [0.25, 0.3) is 0 Å². The van der Waals surface area contributed by atoms with Crippen LogP contribution in [0.15, 0.2) is 48.5 Å². The fraction of sp³-hybridized carbons (Fsp3) is 0.273. The number of amides is 2. The summed E-state index contributed by atoms with van der Waals surface area (Å²) >= 11 is 5.90. The van der Waals surface area contributed by atoms with Gasteiger partial charge in [0.15, 0.2) is 0 Å². The number of hydrogen-bond donors (Lipinski definition) is 2. The van der Waals surface area contributed by atoms with Crippen LogP contribution in [0.3, 0.4) is 0 Å². The highest BCUT2D eigenvalue weighted by atomic mass is 35.5. The molecule has 0 saturated heterocycles. The third-order valence-corrected chi connectivity index (χ3v) is 4.81. The van der Waals surface area contributed by atoms with Crippen LogP contribution in [0.25, 0.3) is 5.69 Å². The van der Waals surface area contributed by atoms with Gasteiger partial charge in [-0.25, -0.2) is 9.48 Å². The van der Waals surface area contributed by atoms with Gasteiger partial charge < -0.3 is 5.32 Å². The van der Waals surface area contributed by atoms with Crippen molar-refractivity contribution in [3.63, 3.8) is 0 Å². The van der Waals surface area contributed by atoms with Gasteiger partial charge in [-0.05, 0) is 61.4 Å². The number of halogens is 1. The highest BCUT2D eigenvalue weighted by Crippen LogP contribution is 2.27. The van der Waals surface area contributed by atoms with E-state index in [1.165, 1.54) is 11.1 Å². The summed E-state index contributed by atoms with van der Waals surface area (Å²) in [5, 5.41) is 11.1. The van der Waals surface area contributed by atoms with Crippen LogP contribution in [-0.4, -0.2) is 15.8 Å². The van der Waals surface area contributed by atoms with Crippen LogP contribution in [0.2, 0.25) is 5.02 Å². The van der Waals surface area contributed by atoms with E-state index in [9.17, 15) is 4.79 Å². The molecule has 0 aliphatic rings. The van der Waals surface area contributed by atoms with E-state index in [-0.39, 0.29) is 11.4 Å². The predicted molar refractivity (Wildman–Crippen MR) is 116 cm³/mol. The quantitative estimate of drug-likeness (QED) is 0.563. The van der Waals surface area contributed by atoms with E-state index < -0.39 is 0 Å². The normalized spacial score (nSPS) is 11.4. The molecule has 0 unspecified atom stereocenters. The molecule has 3 aromatic rings. The zero-order valence-electron chi connectivity index (χ0n) is 16.8. The fourth-order valence-corrected chi connectivity index (χ4v) is 2.83. The van der Waals surface area contributed by atoms with E-state index in [1.54, 1.807) is 28.9 Å². The first-order valence-corrected chi connectivity index (χ1v) is 9.53. The molecule has 0 atom stereocenters. The lowest BCUT2D eigenvalue weighted by Gasteiger charge is -2.14. The Morgan fingerprint density at radius 1 is 0.964 bits per heavy atom. The molecule has 0 spiro atoms. The molecule has 2 aromatic carbocycles. The van der Waals surface area contributed by atoms with E-state index in [0.29, 0.717) is 16.5 Å². The van der Waals surface area contributed by atoms with Crippen molar-refractivity contribution in [3.8, 4) is 5.69 Å². The molecule has 28 heavy (non-hydrogen) atoms. The van der Waals surface area contributed by atoms with Gasteiger partial charge in [-0.2, -0.15) is 5.10 Å². The molecule has 5 nitrogen and oxygen atoms in total. The molecule has 6 heteroatoms. The molecule has 0 saturated carbocycles. The first-order chi connectivity index (χ1) is 13.1. The van der Waals surface area contributed by atoms with Crippen LogP contribution < -0.4 is 10.6 Å². The van der Waals surface area contributed by atoms with Gasteiger partial charge in [0, 0.05) is 22.2 Å².